The maximum absolute atomic E-state index is 13.2. The molecule has 1 aromatic heterocycles. The number of carbonyl (C=O) groups excluding carboxylic acids is 1. The van der Waals surface area contributed by atoms with E-state index in [1.807, 2.05) is 6.07 Å². The van der Waals surface area contributed by atoms with Crippen LogP contribution in [0, 0.1) is 5.92 Å². The lowest BCUT2D eigenvalue weighted by Gasteiger charge is -2.30. The summed E-state index contributed by atoms with van der Waals surface area (Å²) in [5.74, 6) is 2.09. The van der Waals surface area contributed by atoms with Crippen LogP contribution >= 0.6 is 0 Å². The molecule has 1 N–H and O–H groups in total. The predicted molar refractivity (Wildman–Crippen MR) is 152 cm³/mol. The quantitative estimate of drug-likeness (QED) is 0.366. The van der Waals surface area contributed by atoms with Crippen molar-refractivity contribution < 1.29 is 36.7 Å². The predicted octanol–water partition coefficient (Wildman–Crippen LogP) is 2.63. The van der Waals surface area contributed by atoms with E-state index in [4.69, 9.17) is 23.5 Å². The van der Waals surface area contributed by atoms with Gasteiger partial charge in [-0.2, -0.15) is 9.29 Å². The van der Waals surface area contributed by atoms with E-state index in [9.17, 15) is 13.2 Å². The van der Waals surface area contributed by atoms with Gasteiger partial charge in [-0.05, 0) is 62.3 Å². The smallest absolute Gasteiger partial charge is 0.243 e. The molecule has 2 aromatic carbocycles. The van der Waals surface area contributed by atoms with Crippen molar-refractivity contribution in [3.8, 4) is 28.6 Å². The highest BCUT2D eigenvalue weighted by atomic mass is 32.2. The van der Waals surface area contributed by atoms with Crippen LogP contribution in [0.15, 0.2) is 45.8 Å². The summed E-state index contributed by atoms with van der Waals surface area (Å²) in [5, 5.41) is 7.01. The third-order valence-corrected chi connectivity index (χ3v) is 9.36. The Morgan fingerprint density at radius 2 is 1.64 bits per heavy atom. The molecule has 1 amide bonds. The number of likely N-dealkylation sites (tertiary alicyclic amines) is 1. The van der Waals surface area contributed by atoms with Crippen molar-refractivity contribution >= 4 is 21.6 Å². The molecule has 2 saturated heterocycles. The van der Waals surface area contributed by atoms with E-state index in [0.29, 0.717) is 80.3 Å². The van der Waals surface area contributed by atoms with Gasteiger partial charge in [-0.1, -0.05) is 5.16 Å². The summed E-state index contributed by atoms with van der Waals surface area (Å²) < 4.78 is 54.5. The van der Waals surface area contributed by atoms with E-state index < -0.39 is 10.0 Å². The van der Waals surface area contributed by atoms with E-state index >= 15 is 0 Å². The fraction of sp³-hybridized carbons (Fsp3) is 0.464. The van der Waals surface area contributed by atoms with Crippen molar-refractivity contribution in [2.24, 2.45) is 5.92 Å². The number of ether oxygens (including phenoxy) is 4. The molecule has 2 aliphatic heterocycles. The number of nitrogens with zero attached hydrogens (tertiary/aromatic N) is 4. The number of carbonyl (C=O) groups is 1. The van der Waals surface area contributed by atoms with E-state index in [2.05, 4.69) is 20.4 Å². The van der Waals surface area contributed by atoms with E-state index in [0.717, 1.165) is 5.56 Å². The number of aromatic nitrogens is 2. The summed E-state index contributed by atoms with van der Waals surface area (Å²) >= 11 is 0. The van der Waals surface area contributed by atoms with Gasteiger partial charge in [0, 0.05) is 24.6 Å². The second kappa shape index (κ2) is 13.1. The molecule has 0 saturated carbocycles. The minimum atomic E-state index is -3.72. The van der Waals surface area contributed by atoms with Crippen LogP contribution in [0.2, 0.25) is 0 Å². The van der Waals surface area contributed by atoms with Gasteiger partial charge >= 0.3 is 0 Å². The number of rotatable bonds is 10. The van der Waals surface area contributed by atoms with E-state index in [1.165, 1.54) is 23.5 Å². The third kappa shape index (κ3) is 6.51. The Morgan fingerprint density at radius 3 is 2.33 bits per heavy atom. The van der Waals surface area contributed by atoms with Crippen LogP contribution in [0.3, 0.4) is 0 Å². The molecule has 226 valence electrons. The van der Waals surface area contributed by atoms with Gasteiger partial charge in [0.2, 0.25) is 27.6 Å². The van der Waals surface area contributed by atoms with Crippen LogP contribution < -0.4 is 19.5 Å². The van der Waals surface area contributed by atoms with Crippen molar-refractivity contribution in [2.45, 2.75) is 24.3 Å². The standard InChI is InChI=1S/C28H35N5O8S/c1-37-23-7-5-21(42(35,36)33-12-14-40-15-13-33)17-22(23)29-28(34)19-8-10-32(11-9-19)18-26-30-27(31-41-26)20-4-6-24(38-2)25(16-20)39-3/h4-7,16-17,19H,8-15,18H2,1-3H3,(H,29,34). The molecule has 3 heterocycles. The van der Waals surface area contributed by atoms with Crippen molar-refractivity contribution in [1.29, 1.82) is 0 Å². The Balaban J connectivity index is 1.18. The molecule has 42 heavy (non-hydrogen) atoms. The monoisotopic (exact) mass is 601 g/mol. The van der Waals surface area contributed by atoms with Crippen LogP contribution in [0.25, 0.3) is 11.4 Å². The fourth-order valence-electron chi connectivity index (χ4n) is 5.07. The Morgan fingerprint density at radius 1 is 0.952 bits per heavy atom. The normalized spacial score (nSPS) is 17.1. The summed E-state index contributed by atoms with van der Waals surface area (Å²) in [4.78, 5) is 20.0. The average molecular weight is 602 g/mol. The maximum Gasteiger partial charge on any atom is 0.243 e. The number of methoxy groups -OCH3 is 3. The van der Waals surface area contributed by atoms with Crippen molar-refractivity contribution in [1.82, 2.24) is 19.3 Å². The van der Waals surface area contributed by atoms with Crippen LogP contribution in [-0.2, 0) is 26.1 Å². The summed E-state index contributed by atoms with van der Waals surface area (Å²) in [7, 11) is 0.900. The topological polar surface area (TPSA) is 146 Å². The largest absolute Gasteiger partial charge is 0.495 e. The zero-order valence-corrected chi connectivity index (χ0v) is 24.7. The number of anilines is 1. The highest BCUT2D eigenvalue weighted by molar-refractivity contribution is 7.89. The Hall–Kier alpha value is -3.72. The van der Waals surface area contributed by atoms with Crippen molar-refractivity contribution in [3.63, 3.8) is 0 Å². The molecule has 2 aliphatic rings. The lowest BCUT2D eigenvalue weighted by Crippen LogP contribution is -2.40. The number of piperidine rings is 1. The first-order valence-electron chi connectivity index (χ1n) is 13.7. The van der Waals surface area contributed by atoms with Gasteiger partial charge in [-0.15, -0.1) is 0 Å². The zero-order valence-electron chi connectivity index (χ0n) is 23.9. The molecule has 14 heteroatoms. The number of morpholine rings is 1. The van der Waals surface area contributed by atoms with Gasteiger partial charge in [0.1, 0.15) is 5.75 Å². The number of nitrogens with one attached hydrogen (secondary N) is 1. The Kier molecular flexibility index (Phi) is 9.26. The molecular formula is C28H35N5O8S. The molecule has 0 atom stereocenters. The number of hydrogen-bond acceptors (Lipinski definition) is 11. The number of benzene rings is 2. The first-order valence-corrected chi connectivity index (χ1v) is 15.1. The minimum absolute atomic E-state index is 0.0994. The van der Waals surface area contributed by atoms with Gasteiger partial charge in [0.15, 0.2) is 11.5 Å². The molecule has 0 bridgehead atoms. The van der Waals surface area contributed by atoms with Crippen LogP contribution in [-0.4, -0.2) is 94.4 Å². The average Bonchev–Trinajstić information content (AvgIpc) is 3.49. The van der Waals surface area contributed by atoms with Crippen LogP contribution in [0.1, 0.15) is 18.7 Å². The molecule has 0 radical (unpaired) electrons. The van der Waals surface area contributed by atoms with Crippen molar-refractivity contribution in [3.05, 3.63) is 42.3 Å². The third-order valence-electron chi connectivity index (χ3n) is 7.46. The summed E-state index contributed by atoms with van der Waals surface area (Å²) in [6, 6.07) is 9.93. The van der Waals surface area contributed by atoms with Gasteiger partial charge in [0.25, 0.3) is 0 Å². The Labute approximate surface area is 244 Å². The fourth-order valence-corrected chi connectivity index (χ4v) is 6.51. The molecular weight excluding hydrogens is 566 g/mol. The van der Waals surface area contributed by atoms with Crippen LogP contribution in [0.5, 0.6) is 17.2 Å². The molecule has 0 unspecified atom stereocenters. The van der Waals surface area contributed by atoms with E-state index in [1.54, 1.807) is 32.4 Å². The van der Waals surface area contributed by atoms with E-state index in [-0.39, 0.29) is 29.8 Å². The highest BCUT2D eigenvalue weighted by Gasteiger charge is 2.29. The molecule has 13 nitrogen and oxygen atoms in total. The molecule has 0 aliphatic carbocycles. The van der Waals surface area contributed by atoms with Gasteiger partial charge in [-0.25, -0.2) is 8.42 Å². The molecule has 2 fully saturated rings. The van der Waals surface area contributed by atoms with Gasteiger partial charge in [0.05, 0.1) is 51.7 Å². The van der Waals surface area contributed by atoms with Gasteiger partial charge in [-0.3, -0.25) is 9.69 Å². The number of amides is 1. The first-order chi connectivity index (χ1) is 20.3. The number of sulfonamides is 1. The summed E-state index contributed by atoms with van der Waals surface area (Å²) in [5.41, 5.74) is 1.07. The zero-order chi connectivity index (χ0) is 29.7. The molecule has 5 rings (SSSR count). The molecule has 0 spiro atoms. The summed E-state index contributed by atoms with van der Waals surface area (Å²) in [6.07, 6.45) is 1.24. The molecule has 3 aromatic rings. The van der Waals surface area contributed by atoms with Crippen molar-refractivity contribution in [2.75, 3.05) is 66.0 Å². The lowest BCUT2D eigenvalue weighted by molar-refractivity contribution is -0.121. The number of hydrogen-bond donors (Lipinski definition) is 1. The first kappa shape index (κ1) is 29.8. The second-order valence-corrected chi connectivity index (χ2v) is 11.9. The van der Waals surface area contributed by atoms with Crippen LogP contribution in [0.4, 0.5) is 5.69 Å². The minimum Gasteiger partial charge on any atom is -0.495 e. The lowest BCUT2D eigenvalue weighted by atomic mass is 9.96. The summed E-state index contributed by atoms with van der Waals surface area (Å²) in [6.45, 7) is 3.06. The SMILES string of the molecule is COc1ccc(S(=O)(=O)N2CCOCC2)cc1NC(=O)C1CCN(Cc2nc(-c3ccc(OC)c(OC)c3)no2)CC1. The Bertz CT molecular complexity index is 1500. The maximum atomic E-state index is 13.2. The highest BCUT2D eigenvalue weighted by Crippen LogP contribution is 2.32. The second-order valence-electron chi connectivity index (χ2n) is 10.00. The van der Waals surface area contributed by atoms with Gasteiger partial charge < -0.3 is 28.8 Å².